The van der Waals surface area contributed by atoms with Crippen molar-refractivity contribution in [1.82, 2.24) is 4.90 Å². The van der Waals surface area contributed by atoms with Crippen molar-refractivity contribution in [2.75, 3.05) is 19.3 Å². The third kappa shape index (κ3) is 3.28. The second-order valence-electron chi connectivity index (χ2n) is 5.32. The van der Waals surface area contributed by atoms with Gasteiger partial charge in [0.25, 0.3) is 0 Å². The van der Waals surface area contributed by atoms with Gasteiger partial charge >= 0.3 is 5.97 Å². The molecule has 2 atom stereocenters. The first-order valence-electron chi connectivity index (χ1n) is 7.19. The Balaban J connectivity index is 2.43. The van der Waals surface area contributed by atoms with Crippen LogP contribution in [0.15, 0.2) is 12.1 Å². The molecule has 2 rings (SSSR count). The van der Waals surface area contributed by atoms with Crippen molar-refractivity contribution in [2.45, 2.75) is 30.7 Å². The largest absolute Gasteiger partial charge is 0.478 e. The van der Waals surface area contributed by atoms with Crippen LogP contribution in [0.1, 0.15) is 19.8 Å². The Morgan fingerprint density at radius 3 is 2.52 bits per heavy atom. The van der Waals surface area contributed by atoms with Crippen LogP contribution in [0.2, 0.25) is 0 Å². The highest BCUT2D eigenvalue weighted by Crippen LogP contribution is 2.38. The molecule has 0 bridgehead atoms. The smallest absolute Gasteiger partial charge is 0.350 e. The van der Waals surface area contributed by atoms with Crippen LogP contribution in [0.4, 0.5) is 13.2 Å². The van der Waals surface area contributed by atoms with Crippen molar-refractivity contribution in [3.8, 4) is 5.75 Å². The molecule has 0 amide bonds. The van der Waals surface area contributed by atoms with Crippen molar-refractivity contribution >= 4 is 17.7 Å². The molecule has 8 heteroatoms. The summed E-state index contributed by atoms with van der Waals surface area (Å²) >= 11 is 1.30. The van der Waals surface area contributed by atoms with E-state index in [4.69, 9.17) is 4.74 Å². The predicted molar refractivity (Wildman–Crippen MR) is 81.1 cm³/mol. The molecule has 1 heterocycles. The number of nitrogens with zero attached hydrogens (tertiary/aromatic N) is 1. The number of carbonyl (C=O) groups is 1. The molecule has 0 radical (unpaired) electrons. The second kappa shape index (κ2) is 7.00. The minimum Gasteiger partial charge on any atom is -0.478 e. The maximum absolute atomic E-state index is 13.4. The van der Waals surface area contributed by atoms with Gasteiger partial charge in [-0.2, -0.15) is 0 Å². The monoisotopic (exact) mass is 349 g/mol. The number of thioether (sulfide) groups is 1. The number of aliphatic carboxylic acids is 1. The topological polar surface area (TPSA) is 49.8 Å². The molecular formula is C15H18F3NO3S. The summed E-state index contributed by atoms with van der Waals surface area (Å²) in [7, 11) is 0. The van der Waals surface area contributed by atoms with E-state index >= 15 is 0 Å². The van der Waals surface area contributed by atoms with Crippen LogP contribution in [0.25, 0.3) is 0 Å². The van der Waals surface area contributed by atoms with Gasteiger partial charge in [0.1, 0.15) is 11.1 Å². The number of hydrogen-bond acceptors (Lipinski definition) is 4. The standard InChI is InChI=1S/C15H18F3NO3S/c1-3-19-6-4-5-15(14(20)21,13(19)23-2)22-9-7-10(16)12(18)11(17)8-9/h7-8,13H,3-6H2,1-2H3,(H,20,21)/t13?,15-/m1/s1. The van der Waals surface area contributed by atoms with Gasteiger partial charge in [0.15, 0.2) is 17.5 Å². The first-order valence-corrected chi connectivity index (χ1v) is 8.48. The molecule has 1 unspecified atom stereocenters. The summed E-state index contributed by atoms with van der Waals surface area (Å²) in [5, 5.41) is 9.21. The third-order valence-corrected chi connectivity index (χ3v) is 5.10. The van der Waals surface area contributed by atoms with E-state index in [2.05, 4.69) is 0 Å². The number of piperidine rings is 1. The quantitative estimate of drug-likeness (QED) is 0.828. The molecule has 4 nitrogen and oxygen atoms in total. The fourth-order valence-corrected chi connectivity index (χ4v) is 4.10. The van der Waals surface area contributed by atoms with E-state index < -0.39 is 34.4 Å². The SMILES string of the molecule is CCN1CCC[C@](Oc2cc(F)c(F)c(F)c2)(C(=O)O)C1SC. The first kappa shape index (κ1) is 17.9. The average Bonchev–Trinajstić information content (AvgIpc) is 2.51. The Labute approximate surface area is 136 Å². The van der Waals surface area contributed by atoms with E-state index in [9.17, 15) is 23.1 Å². The van der Waals surface area contributed by atoms with E-state index in [1.54, 1.807) is 6.26 Å². The van der Waals surface area contributed by atoms with E-state index in [1.165, 1.54) is 11.8 Å². The van der Waals surface area contributed by atoms with Crippen molar-refractivity contribution < 1.29 is 27.8 Å². The molecule has 0 spiro atoms. The molecule has 23 heavy (non-hydrogen) atoms. The zero-order valence-electron chi connectivity index (χ0n) is 12.8. The lowest BCUT2D eigenvalue weighted by Crippen LogP contribution is -2.62. The molecule has 1 aromatic rings. The minimum atomic E-state index is -1.65. The minimum absolute atomic E-state index is 0.199. The van der Waals surface area contributed by atoms with Crippen LogP contribution in [0, 0.1) is 17.5 Å². The normalized spacial score (nSPS) is 25.3. The van der Waals surface area contributed by atoms with Crippen LogP contribution in [0.5, 0.6) is 5.75 Å². The number of carboxylic acid groups (broad SMARTS) is 1. The number of carboxylic acids is 1. The fourth-order valence-electron chi connectivity index (χ4n) is 2.90. The summed E-state index contributed by atoms with van der Waals surface area (Å²) in [4.78, 5) is 13.9. The van der Waals surface area contributed by atoms with Crippen molar-refractivity contribution in [3.05, 3.63) is 29.6 Å². The molecule has 1 aromatic carbocycles. The predicted octanol–water partition coefficient (Wildman–Crippen LogP) is 3.11. The highest BCUT2D eigenvalue weighted by Gasteiger charge is 2.52. The maximum Gasteiger partial charge on any atom is 0.350 e. The van der Waals surface area contributed by atoms with Gasteiger partial charge in [0.05, 0.1) is 0 Å². The van der Waals surface area contributed by atoms with Crippen LogP contribution < -0.4 is 4.74 Å². The van der Waals surface area contributed by atoms with Crippen LogP contribution in [-0.2, 0) is 4.79 Å². The molecule has 0 saturated carbocycles. The van der Waals surface area contributed by atoms with E-state index in [0.29, 0.717) is 31.6 Å². The van der Waals surface area contributed by atoms with E-state index in [-0.39, 0.29) is 12.2 Å². The highest BCUT2D eigenvalue weighted by atomic mass is 32.2. The molecule has 1 aliphatic heterocycles. The van der Waals surface area contributed by atoms with Gasteiger partial charge in [-0.05, 0) is 25.8 Å². The zero-order valence-corrected chi connectivity index (χ0v) is 13.6. The Hall–Kier alpha value is -1.41. The Bertz CT molecular complexity index is 578. The molecule has 0 aromatic heterocycles. The molecule has 128 valence electrons. The summed E-state index contributed by atoms with van der Waals surface area (Å²) in [5.74, 6) is -5.98. The number of hydrogen-bond donors (Lipinski definition) is 1. The van der Waals surface area contributed by atoms with Gasteiger partial charge in [-0.25, -0.2) is 18.0 Å². The lowest BCUT2D eigenvalue weighted by molar-refractivity contribution is -0.162. The second-order valence-corrected chi connectivity index (χ2v) is 6.24. The molecular weight excluding hydrogens is 331 g/mol. The Kier molecular flexibility index (Phi) is 5.46. The number of likely N-dealkylation sites (N-methyl/N-ethyl adjacent to an activating group) is 1. The summed E-state index contributed by atoms with van der Waals surface area (Å²) in [5.41, 5.74) is -1.65. The van der Waals surface area contributed by atoms with Crippen LogP contribution >= 0.6 is 11.8 Å². The van der Waals surface area contributed by atoms with Crippen LogP contribution in [-0.4, -0.2) is 46.3 Å². The van der Waals surface area contributed by atoms with Gasteiger partial charge in [0, 0.05) is 18.6 Å². The van der Waals surface area contributed by atoms with Crippen molar-refractivity contribution in [2.24, 2.45) is 0 Å². The van der Waals surface area contributed by atoms with Gasteiger partial charge in [-0.1, -0.05) is 6.92 Å². The van der Waals surface area contributed by atoms with Gasteiger partial charge < -0.3 is 9.84 Å². The molecule has 1 aliphatic rings. The molecule has 0 aliphatic carbocycles. The number of ether oxygens (including phenoxy) is 1. The number of likely N-dealkylation sites (tertiary alicyclic amines) is 1. The van der Waals surface area contributed by atoms with Gasteiger partial charge in [-0.15, -0.1) is 11.8 Å². The van der Waals surface area contributed by atoms with Crippen LogP contribution in [0.3, 0.4) is 0 Å². The molecule has 1 N–H and O–H groups in total. The number of benzene rings is 1. The summed E-state index contributed by atoms with van der Waals surface area (Å²) in [6.07, 6.45) is 2.53. The summed E-state index contributed by atoms with van der Waals surface area (Å²) in [6, 6.07) is 1.34. The van der Waals surface area contributed by atoms with E-state index in [0.717, 1.165) is 0 Å². The number of rotatable bonds is 5. The van der Waals surface area contributed by atoms with Crippen molar-refractivity contribution in [3.63, 3.8) is 0 Å². The van der Waals surface area contributed by atoms with E-state index in [1.807, 2.05) is 11.8 Å². The first-order chi connectivity index (χ1) is 10.9. The van der Waals surface area contributed by atoms with Crippen molar-refractivity contribution in [1.29, 1.82) is 0 Å². The Morgan fingerprint density at radius 1 is 1.43 bits per heavy atom. The maximum atomic E-state index is 13.4. The molecule has 1 saturated heterocycles. The summed E-state index contributed by atoms with van der Waals surface area (Å²) < 4.78 is 45.4. The van der Waals surface area contributed by atoms with Gasteiger partial charge in [0.2, 0.25) is 5.60 Å². The van der Waals surface area contributed by atoms with Gasteiger partial charge in [-0.3, -0.25) is 4.90 Å². The zero-order chi connectivity index (χ0) is 17.2. The third-order valence-electron chi connectivity index (χ3n) is 3.97. The highest BCUT2D eigenvalue weighted by molar-refractivity contribution is 7.99. The average molecular weight is 349 g/mol. The Morgan fingerprint density at radius 2 is 2.04 bits per heavy atom. The molecule has 1 fully saturated rings. The fraction of sp³-hybridized carbons (Fsp3) is 0.533. The lowest BCUT2D eigenvalue weighted by Gasteiger charge is -2.45. The summed E-state index contributed by atoms with van der Waals surface area (Å²) in [6.45, 7) is 3.24. The number of halogens is 3. The lowest BCUT2D eigenvalue weighted by atomic mass is 9.92.